The number of nitrogens with two attached hydrogens (primary N) is 1. The van der Waals surface area contributed by atoms with Gasteiger partial charge in [0.15, 0.2) is 0 Å². The first-order valence-electron chi connectivity index (χ1n) is 3.27. The largest absolute Gasteiger partial charge is 0.344 e. The van der Waals surface area contributed by atoms with Gasteiger partial charge in [0.25, 0.3) is 0 Å². The maximum absolute atomic E-state index is 3.43. The van der Waals surface area contributed by atoms with Crippen LogP contribution in [0.4, 0.5) is 0 Å². The van der Waals surface area contributed by atoms with Gasteiger partial charge in [0.05, 0.1) is 18.6 Å². The molecule has 0 amide bonds. The maximum Gasteiger partial charge on any atom is 0.0935 e. The standard InChI is InChI=1S/C6H14N2/c1-6(2)5-7-3-4-8-6/h7-8H,3-5H2,1-2H3/p+1. The Morgan fingerprint density at radius 2 is 2.25 bits per heavy atom. The van der Waals surface area contributed by atoms with Crippen molar-refractivity contribution >= 4 is 0 Å². The Morgan fingerprint density at radius 1 is 1.50 bits per heavy atom. The van der Waals surface area contributed by atoms with Crippen LogP contribution in [0.5, 0.6) is 0 Å². The molecular weight excluding hydrogens is 100 g/mol. The summed E-state index contributed by atoms with van der Waals surface area (Å²) < 4.78 is 0. The van der Waals surface area contributed by atoms with E-state index in [4.69, 9.17) is 0 Å². The van der Waals surface area contributed by atoms with Crippen LogP contribution in [0.3, 0.4) is 0 Å². The molecular formula is C6H15N2+. The average Bonchev–Trinajstić information content (AvgIpc) is 1.65. The lowest BCUT2D eigenvalue weighted by atomic mass is 10.0. The Hall–Kier alpha value is -0.0800. The zero-order chi connectivity index (χ0) is 6.04. The van der Waals surface area contributed by atoms with Crippen LogP contribution in [0, 0.1) is 0 Å². The van der Waals surface area contributed by atoms with E-state index in [1.807, 2.05) is 0 Å². The number of quaternary nitrogens is 1. The van der Waals surface area contributed by atoms with E-state index >= 15 is 0 Å². The summed E-state index contributed by atoms with van der Waals surface area (Å²) in [5.74, 6) is 0. The first kappa shape index (κ1) is 6.05. The predicted octanol–water partition coefficient (Wildman–Crippen LogP) is -1.07. The quantitative estimate of drug-likeness (QED) is 0.413. The molecule has 8 heavy (non-hydrogen) atoms. The van der Waals surface area contributed by atoms with Crippen LogP contribution in [0.1, 0.15) is 13.8 Å². The topological polar surface area (TPSA) is 28.6 Å². The Morgan fingerprint density at radius 3 is 2.50 bits per heavy atom. The molecule has 0 saturated carbocycles. The summed E-state index contributed by atoms with van der Waals surface area (Å²) in [7, 11) is 0. The van der Waals surface area contributed by atoms with Gasteiger partial charge in [-0.25, -0.2) is 0 Å². The van der Waals surface area contributed by atoms with Crippen LogP contribution in [-0.4, -0.2) is 25.2 Å². The fraction of sp³-hybridized carbons (Fsp3) is 1.00. The molecule has 1 aliphatic rings. The minimum absolute atomic E-state index is 0.373. The Labute approximate surface area is 50.7 Å². The highest BCUT2D eigenvalue weighted by Gasteiger charge is 2.21. The van der Waals surface area contributed by atoms with Gasteiger partial charge in [-0.15, -0.1) is 0 Å². The maximum atomic E-state index is 3.43. The van der Waals surface area contributed by atoms with E-state index in [9.17, 15) is 0 Å². The summed E-state index contributed by atoms with van der Waals surface area (Å²) in [6.45, 7) is 8.09. The summed E-state index contributed by atoms with van der Waals surface area (Å²) in [5.41, 5.74) is 0.373. The first-order valence-corrected chi connectivity index (χ1v) is 3.27. The Balaban J connectivity index is 2.33. The molecule has 1 saturated heterocycles. The van der Waals surface area contributed by atoms with Gasteiger partial charge in [-0.1, -0.05) is 0 Å². The second kappa shape index (κ2) is 2.03. The molecule has 1 heterocycles. The van der Waals surface area contributed by atoms with Crippen molar-refractivity contribution in [1.82, 2.24) is 5.32 Å². The predicted molar refractivity (Wildman–Crippen MR) is 33.7 cm³/mol. The van der Waals surface area contributed by atoms with E-state index in [0.29, 0.717) is 5.54 Å². The summed E-state index contributed by atoms with van der Waals surface area (Å²) >= 11 is 0. The van der Waals surface area contributed by atoms with Crippen LogP contribution >= 0.6 is 0 Å². The monoisotopic (exact) mass is 115 g/mol. The van der Waals surface area contributed by atoms with Crippen molar-refractivity contribution in [1.29, 1.82) is 0 Å². The SMILES string of the molecule is CC1(C)C[NH2+]CCN1. The zero-order valence-electron chi connectivity index (χ0n) is 5.70. The minimum atomic E-state index is 0.373. The molecule has 2 heteroatoms. The molecule has 0 atom stereocenters. The van der Waals surface area contributed by atoms with Crippen LogP contribution < -0.4 is 10.6 Å². The molecule has 1 fully saturated rings. The van der Waals surface area contributed by atoms with E-state index in [1.54, 1.807) is 0 Å². The van der Waals surface area contributed by atoms with Gasteiger partial charge in [-0.05, 0) is 13.8 Å². The summed E-state index contributed by atoms with van der Waals surface area (Å²) in [6, 6.07) is 0. The van der Waals surface area contributed by atoms with Crippen LogP contribution in [0.25, 0.3) is 0 Å². The Bertz CT molecular complexity index is 70.6. The number of hydrogen-bond donors (Lipinski definition) is 2. The number of piperazine rings is 1. The molecule has 0 aliphatic carbocycles. The molecule has 0 unspecified atom stereocenters. The molecule has 0 radical (unpaired) electrons. The lowest BCUT2D eigenvalue weighted by Crippen LogP contribution is -2.93. The van der Waals surface area contributed by atoms with E-state index in [-0.39, 0.29) is 0 Å². The van der Waals surface area contributed by atoms with Gasteiger partial charge in [-0.3, -0.25) is 0 Å². The van der Waals surface area contributed by atoms with Crippen molar-refractivity contribution in [2.24, 2.45) is 0 Å². The smallest absolute Gasteiger partial charge is 0.0935 e. The molecule has 0 aromatic rings. The molecule has 0 aromatic heterocycles. The normalized spacial score (nSPS) is 27.8. The van der Waals surface area contributed by atoms with Gasteiger partial charge in [0, 0.05) is 6.54 Å². The number of rotatable bonds is 0. The van der Waals surface area contributed by atoms with E-state index in [0.717, 1.165) is 6.54 Å². The highest BCUT2D eigenvalue weighted by Crippen LogP contribution is 1.96. The number of hydrogen-bond acceptors (Lipinski definition) is 1. The summed E-state index contributed by atoms with van der Waals surface area (Å²) in [6.07, 6.45) is 0. The van der Waals surface area contributed by atoms with Gasteiger partial charge >= 0.3 is 0 Å². The lowest BCUT2D eigenvalue weighted by molar-refractivity contribution is -0.667. The van der Waals surface area contributed by atoms with Gasteiger partial charge in [0.1, 0.15) is 0 Å². The van der Waals surface area contributed by atoms with E-state index in [2.05, 4.69) is 24.5 Å². The van der Waals surface area contributed by atoms with Crippen LogP contribution in [-0.2, 0) is 0 Å². The van der Waals surface area contributed by atoms with Crippen molar-refractivity contribution in [3.05, 3.63) is 0 Å². The van der Waals surface area contributed by atoms with Crippen molar-refractivity contribution in [2.45, 2.75) is 19.4 Å². The third kappa shape index (κ3) is 1.46. The second-order valence-corrected chi connectivity index (χ2v) is 3.09. The third-order valence-electron chi connectivity index (χ3n) is 1.61. The summed E-state index contributed by atoms with van der Waals surface area (Å²) in [5, 5.41) is 5.78. The van der Waals surface area contributed by atoms with Crippen LogP contribution in [0.2, 0.25) is 0 Å². The highest BCUT2D eigenvalue weighted by atomic mass is 15.1. The summed E-state index contributed by atoms with van der Waals surface area (Å²) in [4.78, 5) is 0. The van der Waals surface area contributed by atoms with Gasteiger partial charge in [-0.2, -0.15) is 0 Å². The lowest BCUT2D eigenvalue weighted by Gasteiger charge is -2.28. The molecule has 0 spiro atoms. The molecule has 2 nitrogen and oxygen atoms in total. The Kier molecular flexibility index (Phi) is 1.54. The van der Waals surface area contributed by atoms with Crippen molar-refractivity contribution < 1.29 is 5.32 Å². The first-order chi connectivity index (χ1) is 3.71. The molecule has 0 bridgehead atoms. The third-order valence-corrected chi connectivity index (χ3v) is 1.61. The van der Waals surface area contributed by atoms with Crippen molar-refractivity contribution in [3.8, 4) is 0 Å². The van der Waals surface area contributed by atoms with Gasteiger partial charge < -0.3 is 10.6 Å². The molecule has 3 N–H and O–H groups in total. The highest BCUT2D eigenvalue weighted by molar-refractivity contribution is 4.76. The van der Waals surface area contributed by atoms with Crippen LogP contribution in [0.15, 0.2) is 0 Å². The molecule has 48 valence electrons. The fourth-order valence-corrected chi connectivity index (χ4v) is 1.05. The van der Waals surface area contributed by atoms with Crippen molar-refractivity contribution in [3.63, 3.8) is 0 Å². The fourth-order valence-electron chi connectivity index (χ4n) is 1.05. The second-order valence-electron chi connectivity index (χ2n) is 3.09. The number of nitrogens with one attached hydrogen (secondary N) is 1. The molecule has 1 aliphatic heterocycles. The van der Waals surface area contributed by atoms with E-state index < -0.39 is 0 Å². The van der Waals surface area contributed by atoms with Crippen molar-refractivity contribution in [2.75, 3.05) is 19.6 Å². The zero-order valence-corrected chi connectivity index (χ0v) is 5.70. The van der Waals surface area contributed by atoms with E-state index in [1.165, 1.54) is 13.1 Å². The molecule has 0 aromatic carbocycles. The van der Waals surface area contributed by atoms with Gasteiger partial charge in [0.2, 0.25) is 0 Å². The molecule has 1 rings (SSSR count). The minimum Gasteiger partial charge on any atom is -0.344 e. The average molecular weight is 115 g/mol.